The molecule has 3 heterocycles. The van der Waals surface area contributed by atoms with Crippen LogP contribution in [0.2, 0.25) is 0 Å². The van der Waals surface area contributed by atoms with E-state index in [9.17, 15) is 9.59 Å². The van der Waals surface area contributed by atoms with Crippen LogP contribution in [0.3, 0.4) is 0 Å². The molecule has 1 amide bonds. The predicted molar refractivity (Wildman–Crippen MR) is 94.9 cm³/mol. The molecule has 1 aromatic heterocycles. The smallest absolute Gasteiger partial charge is 0.323 e. The van der Waals surface area contributed by atoms with Crippen LogP contribution in [0.5, 0.6) is 0 Å². The van der Waals surface area contributed by atoms with Gasteiger partial charge in [0.15, 0.2) is 0 Å². The average molecular weight is 370 g/mol. The summed E-state index contributed by atoms with van der Waals surface area (Å²) in [5.41, 5.74) is 0. The molecule has 23 heavy (non-hydrogen) atoms. The van der Waals surface area contributed by atoms with Crippen LogP contribution < -0.4 is 4.90 Å². The molecule has 0 aromatic carbocycles. The molecule has 6 nitrogen and oxygen atoms in total. The number of rotatable bonds is 4. The summed E-state index contributed by atoms with van der Waals surface area (Å²) < 4.78 is 5.63. The zero-order valence-electron chi connectivity index (χ0n) is 12.1. The lowest BCUT2D eigenvalue weighted by Gasteiger charge is -2.27. The van der Waals surface area contributed by atoms with Crippen LogP contribution in [0.1, 0.15) is 4.88 Å². The first-order valence-electron chi connectivity index (χ1n) is 6.94. The number of hydrogen-bond donors (Lipinski definition) is 1. The molecule has 122 valence electrons. The number of thiocarbonyl (C=S) groups is 1. The number of carbonyl (C=O) groups excluding carboxylic acids is 1. The summed E-state index contributed by atoms with van der Waals surface area (Å²) in [7, 11) is 0. The van der Waals surface area contributed by atoms with Gasteiger partial charge in [-0.1, -0.05) is 24.0 Å². The molecular formula is C14H14N2O4S3. The van der Waals surface area contributed by atoms with Crippen molar-refractivity contribution < 1.29 is 19.4 Å². The van der Waals surface area contributed by atoms with E-state index in [0.29, 0.717) is 4.91 Å². The lowest BCUT2D eigenvalue weighted by molar-refractivity contribution is -0.140. The van der Waals surface area contributed by atoms with Crippen LogP contribution in [-0.2, 0) is 14.3 Å². The van der Waals surface area contributed by atoms with E-state index in [-0.39, 0.29) is 10.2 Å². The second-order valence-corrected chi connectivity index (χ2v) is 7.71. The third-order valence-corrected chi connectivity index (χ3v) is 5.85. The van der Waals surface area contributed by atoms with Gasteiger partial charge >= 0.3 is 5.97 Å². The minimum atomic E-state index is -1.08. The number of morpholine rings is 1. The summed E-state index contributed by atoms with van der Waals surface area (Å²) >= 11 is 7.82. The fraction of sp³-hybridized carbons (Fsp3) is 0.357. The topological polar surface area (TPSA) is 70.1 Å². The maximum atomic E-state index is 12.2. The largest absolute Gasteiger partial charge is 0.480 e. The first kappa shape index (κ1) is 16.4. The van der Waals surface area contributed by atoms with Gasteiger partial charge in [0.2, 0.25) is 0 Å². The molecule has 0 unspecified atom stereocenters. The van der Waals surface area contributed by atoms with Gasteiger partial charge < -0.3 is 14.7 Å². The summed E-state index contributed by atoms with van der Waals surface area (Å²) in [6.45, 7) is 2.77. The fourth-order valence-corrected chi connectivity index (χ4v) is 4.60. The number of carboxylic acids is 1. The minimum Gasteiger partial charge on any atom is -0.480 e. The predicted octanol–water partition coefficient (Wildman–Crippen LogP) is 1.87. The Morgan fingerprint density at radius 1 is 1.39 bits per heavy atom. The number of aliphatic carboxylic acids is 1. The van der Waals surface area contributed by atoms with Gasteiger partial charge in [-0.2, -0.15) is 0 Å². The van der Waals surface area contributed by atoms with Crippen molar-refractivity contribution in [2.45, 2.75) is 0 Å². The van der Waals surface area contributed by atoms with Crippen molar-refractivity contribution in [2.24, 2.45) is 0 Å². The Balaban J connectivity index is 1.74. The van der Waals surface area contributed by atoms with Crippen LogP contribution >= 0.6 is 35.3 Å². The number of carboxylic acid groups (broad SMARTS) is 1. The Morgan fingerprint density at radius 2 is 2.13 bits per heavy atom. The third kappa shape index (κ3) is 3.74. The lowest BCUT2D eigenvalue weighted by atomic mass is 10.3. The molecule has 2 fully saturated rings. The van der Waals surface area contributed by atoms with Crippen LogP contribution in [0.25, 0.3) is 6.08 Å². The summed E-state index contributed by atoms with van der Waals surface area (Å²) in [4.78, 5) is 27.8. The van der Waals surface area contributed by atoms with Crippen molar-refractivity contribution in [3.63, 3.8) is 0 Å². The van der Waals surface area contributed by atoms with Crippen molar-refractivity contribution in [1.29, 1.82) is 0 Å². The zero-order chi connectivity index (χ0) is 16.4. The maximum Gasteiger partial charge on any atom is 0.323 e. The van der Waals surface area contributed by atoms with E-state index >= 15 is 0 Å². The first-order valence-corrected chi connectivity index (χ1v) is 8.98. The summed E-state index contributed by atoms with van der Waals surface area (Å²) in [6.07, 6.45) is 1.77. The Labute approximate surface area is 146 Å². The molecule has 0 atom stereocenters. The van der Waals surface area contributed by atoms with Crippen LogP contribution in [0, 0.1) is 0 Å². The highest BCUT2D eigenvalue weighted by Crippen LogP contribution is 2.35. The highest BCUT2D eigenvalue weighted by molar-refractivity contribution is 8.26. The molecule has 2 saturated heterocycles. The molecular weight excluding hydrogens is 356 g/mol. The van der Waals surface area contributed by atoms with Gasteiger partial charge in [-0.15, -0.1) is 11.3 Å². The monoisotopic (exact) mass is 370 g/mol. The van der Waals surface area contributed by atoms with Crippen LogP contribution in [-0.4, -0.2) is 59.1 Å². The summed E-state index contributed by atoms with van der Waals surface area (Å²) in [6, 6.07) is 3.99. The Kier molecular flexibility index (Phi) is 5.00. The lowest BCUT2D eigenvalue weighted by Crippen LogP contribution is -2.35. The van der Waals surface area contributed by atoms with Crippen LogP contribution in [0.15, 0.2) is 17.0 Å². The summed E-state index contributed by atoms with van der Waals surface area (Å²) in [5, 5.41) is 9.98. The number of nitrogens with zero attached hydrogens (tertiary/aromatic N) is 2. The molecule has 0 bridgehead atoms. The van der Waals surface area contributed by atoms with Crippen molar-refractivity contribution in [1.82, 2.24) is 4.90 Å². The Morgan fingerprint density at radius 3 is 2.83 bits per heavy atom. The second-order valence-electron chi connectivity index (χ2n) is 4.94. The molecule has 0 radical (unpaired) electrons. The van der Waals surface area contributed by atoms with Gasteiger partial charge in [-0.3, -0.25) is 14.5 Å². The molecule has 1 aromatic rings. The molecule has 1 N–H and O–H groups in total. The van der Waals surface area contributed by atoms with E-state index in [4.69, 9.17) is 22.1 Å². The highest BCUT2D eigenvalue weighted by atomic mass is 32.2. The first-order chi connectivity index (χ1) is 11.0. The standard InChI is InChI=1S/C14H14N2O4S3/c17-12(18)8-16-13(19)10(23-14(16)21)7-9-1-2-11(22-9)15-3-5-20-6-4-15/h1-2,7H,3-6,8H2,(H,17,18). The van der Waals surface area contributed by atoms with Gasteiger partial charge in [0.1, 0.15) is 10.9 Å². The zero-order valence-corrected chi connectivity index (χ0v) is 14.5. The summed E-state index contributed by atoms with van der Waals surface area (Å²) in [5.74, 6) is -1.42. The number of carbonyl (C=O) groups is 2. The average Bonchev–Trinajstić information content (AvgIpc) is 3.09. The fourth-order valence-electron chi connectivity index (χ4n) is 2.27. The van der Waals surface area contributed by atoms with E-state index < -0.39 is 12.5 Å². The molecule has 3 rings (SSSR count). The van der Waals surface area contributed by atoms with E-state index in [0.717, 1.165) is 52.8 Å². The molecule has 9 heteroatoms. The van der Waals surface area contributed by atoms with E-state index in [2.05, 4.69) is 4.90 Å². The molecule has 0 spiro atoms. The van der Waals surface area contributed by atoms with Gasteiger partial charge in [-0.05, 0) is 18.2 Å². The number of amides is 1. The van der Waals surface area contributed by atoms with Gasteiger partial charge in [0, 0.05) is 18.0 Å². The maximum absolute atomic E-state index is 12.2. The molecule has 0 saturated carbocycles. The van der Waals surface area contributed by atoms with Gasteiger partial charge in [0.05, 0.1) is 23.1 Å². The quantitative estimate of drug-likeness (QED) is 0.641. The van der Waals surface area contributed by atoms with Crippen molar-refractivity contribution in [2.75, 3.05) is 37.7 Å². The molecule has 0 aliphatic carbocycles. The van der Waals surface area contributed by atoms with Crippen molar-refractivity contribution >= 4 is 62.6 Å². The highest BCUT2D eigenvalue weighted by Gasteiger charge is 2.33. The molecule has 2 aliphatic heterocycles. The van der Waals surface area contributed by atoms with Crippen molar-refractivity contribution in [3.8, 4) is 0 Å². The minimum absolute atomic E-state index is 0.286. The molecule has 2 aliphatic rings. The normalized spacial score (nSPS) is 20.6. The Hall–Kier alpha value is -1.42. The van der Waals surface area contributed by atoms with E-state index in [1.165, 1.54) is 0 Å². The van der Waals surface area contributed by atoms with Gasteiger partial charge in [-0.25, -0.2) is 0 Å². The SMILES string of the molecule is O=C(O)CN1C(=O)C(=Cc2ccc(N3CCOCC3)s2)SC1=S. The number of thioether (sulfide) groups is 1. The van der Waals surface area contributed by atoms with E-state index in [1.807, 2.05) is 12.1 Å². The number of anilines is 1. The number of hydrogen-bond acceptors (Lipinski definition) is 7. The van der Waals surface area contributed by atoms with Gasteiger partial charge in [0.25, 0.3) is 5.91 Å². The van der Waals surface area contributed by atoms with Crippen LogP contribution in [0.4, 0.5) is 5.00 Å². The Bertz CT molecular complexity index is 679. The number of thiophene rings is 1. The van der Waals surface area contributed by atoms with Crippen molar-refractivity contribution in [3.05, 3.63) is 21.9 Å². The van der Waals surface area contributed by atoms with E-state index in [1.54, 1.807) is 17.4 Å². The second kappa shape index (κ2) is 7.00. The third-order valence-electron chi connectivity index (χ3n) is 3.38. The number of ether oxygens (including phenoxy) is 1.